The number of benzene rings is 1. The maximum Gasteiger partial charge on any atom is 0.416 e. The lowest BCUT2D eigenvalue weighted by molar-refractivity contribution is -0.137. The minimum atomic E-state index is -4.36. The number of carbonyl (C=O) groups excluding carboxylic acids is 1. The summed E-state index contributed by atoms with van der Waals surface area (Å²) >= 11 is 0. The summed E-state index contributed by atoms with van der Waals surface area (Å²) in [5.41, 5.74) is -0.746. The molecule has 1 aliphatic heterocycles. The fourth-order valence-corrected chi connectivity index (χ4v) is 2.89. The van der Waals surface area contributed by atoms with Crippen molar-refractivity contribution in [1.82, 2.24) is 15.5 Å². The molecule has 1 heterocycles. The van der Waals surface area contributed by atoms with Crippen LogP contribution in [-0.2, 0) is 10.9 Å². The second kappa shape index (κ2) is 9.74. The first-order chi connectivity index (χ1) is 14.0. The van der Waals surface area contributed by atoms with Gasteiger partial charge in [-0.15, -0.1) is 0 Å². The Kier molecular flexibility index (Phi) is 7.59. The van der Waals surface area contributed by atoms with Gasteiger partial charge in [-0.25, -0.2) is 4.79 Å². The molecule has 1 saturated heterocycles. The van der Waals surface area contributed by atoms with Gasteiger partial charge >= 0.3 is 12.3 Å². The van der Waals surface area contributed by atoms with Gasteiger partial charge < -0.3 is 20.3 Å². The van der Waals surface area contributed by atoms with Gasteiger partial charge in [0.25, 0.3) is 0 Å². The smallest absolute Gasteiger partial charge is 0.416 e. The Labute approximate surface area is 174 Å². The molecule has 164 valence electrons. The molecule has 0 aliphatic carbocycles. The predicted octanol–water partition coefficient (Wildman–Crippen LogP) is 3.23. The van der Waals surface area contributed by atoms with E-state index >= 15 is 0 Å². The standard InChI is InChI=1S/C21H27F3N4O2/c1-20(2,3)30-19(29)27-17-11-13-28(14-17)18(25-4)26-12-5-6-15-7-9-16(10-8-15)21(22,23)24/h7-10,17H,11-14H2,1-4H3,(H,25,26)(H,27,29)/t17-/m1/s1. The van der Waals surface area contributed by atoms with Gasteiger partial charge in [-0.2, -0.15) is 13.2 Å². The van der Waals surface area contributed by atoms with Gasteiger partial charge in [0.05, 0.1) is 18.2 Å². The molecule has 1 amide bonds. The summed E-state index contributed by atoms with van der Waals surface area (Å²) in [6.07, 6.45) is -4.04. The first-order valence-corrected chi connectivity index (χ1v) is 9.59. The molecule has 1 fully saturated rings. The number of ether oxygens (including phenoxy) is 1. The SMILES string of the molecule is CN=C(NCC#Cc1ccc(C(F)(F)F)cc1)N1CC[C@@H](NC(=O)OC(C)(C)C)C1. The molecule has 6 nitrogen and oxygen atoms in total. The number of likely N-dealkylation sites (tertiary alicyclic amines) is 1. The number of alkyl halides is 3. The molecule has 1 aliphatic rings. The average molecular weight is 424 g/mol. The number of nitrogens with one attached hydrogen (secondary N) is 2. The molecule has 0 saturated carbocycles. The van der Waals surface area contributed by atoms with Crippen LogP contribution in [-0.4, -0.2) is 55.3 Å². The lowest BCUT2D eigenvalue weighted by Gasteiger charge is -2.23. The molecule has 9 heteroatoms. The summed E-state index contributed by atoms with van der Waals surface area (Å²) in [5, 5.41) is 5.96. The lowest BCUT2D eigenvalue weighted by Crippen LogP contribution is -2.44. The van der Waals surface area contributed by atoms with Gasteiger partial charge in [-0.05, 0) is 51.5 Å². The van der Waals surface area contributed by atoms with Crippen LogP contribution in [0, 0.1) is 11.8 Å². The van der Waals surface area contributed by atoms with E-state index in [9.17, 15) is 18.0 Å². The highest BCUT2D eigenvalue weighted by atomic mass is 19.4. The summed E-state index contributed by atoms with van der Waals surface area (Å²) in [6, 6.07) is 4.67. The molecule has 1 aromatic rings. The summed E-state index contributed by atoms with van der Waals surface area (Å²) in [6.45, 7) is 7.02. The van der Waals surface area contributed by atoms with Crippen molar-refractivity contribution in [3.05, 3.63) is 35.4 Å². The molecule has 0 unspecified atom stereocenters. The monoisotopic (exact) mass is 424 g/mol. The highest BCUT2D eigenvalue weighted by Gasteiger charge is 2.30. The highest BCUT2D eigenvalue weighted by molar-refractivity contribution is 5.80. The third-order valence-electron chi connectivity index (χ3n) is 4.20. The van der Waals surface area contributed by atoms with E-state index in [1.165, 1.54) is 12.1 Å². The van der Waals surface area contributed by atoms with E-state index in [0.717, 1.165) is 18.6 Å². The number of alkyl carbamates (subject to hydrolysis) is 1. The van der Waals surface area contributed by atoms with E-state index in [4.69, 9.17) is 4.74 Å². The second-order valence-corrected chi connectivity index (χ2v) is 7.86. The molecule has 0 spiro atoms. The van der Waals surface area contributed by atoms with Crippen molar-refractivity contribution < 1.29 is 22.7 Å². The van der Waals surface area contributed by atoms with Crippen LogP contribution < -0.4 is 10.6 Å². The van der Waals surface area contributed by atoms with Gasteiger partial charge in [-0.1, -0.05) is 11.8 Å². The van der Waals surface area contributed by atoms with Gasteiger partial charge in [0.15, 0.2) is 5.96 Å². The van der Waals surface area contributed by atoms with Gasteiger partial charge in [0, 0.05) is 25.7 Å². The van der Waals surface area contributed by atoms with Crippen molar-refractivity contribution in [1.29, 1.82) is 0 Å². The van der Waals surface area contributed by atoms with Crippen molar-refractivity contribution in [3.8, 4) is 11.8 Å². The van der Waals surface area contributed by atoms with E-state index in [1.54, 1.807) is 7.05 Å². The van der Waals surface area contributed by atoms with Crippen LogP contribution in [0.1, 0.15) is 38.3 Å². The molecule has 0 radical (unpaired) electrons. The van der Waals surface area contributed by atoms with Crippen LogP contribution >= 0.6 is 0 Å². The Morgan fingerprint density at radius 1 is 1.27 bits per heavy atom. The zero-order valence-corrected chi connectivity index (χ0v) is 17.6. The van der Waals surface area contributed by atoms with Crippen LogP contribution in [0.3, 0.4) is 0 Å². The number of nitrogens with zero attached hydrogens (tertiary/aromatic N) is 2. The Bertz CT molecular complexity index is 818. The number of hydrogen-bond donors (Lipinski definition) is 2. The molecule has 0 bridgehead atoms. The minimum absolute atomic E-state index is 0.0448. The first-order valence-electron chi connectivity index (χ1n) is 9.59. The van der Waals surface area contributed by atoms with Crippen molar-refractivity contribution in [2.45, 2.75) is 45.0 Å². The number of amides is 1. The Morgan fingerprint density at radius 3 is 2.50 bits per heavy atom. The normalized spacial score (nSPS) is 17.2. The molecule has 1 atom stereocenters. The maximum atomic E-state index is 12.6. The summed E-state index contributed by atoms with van der Waals surface area (Å²) < 4.78 is 43.0. The first kappa shape index (κ1) is 23.4. The highest BCUT2D eigenvalue weighted by Crippen LogP contribution is 2.28. The fraction of sp³-hybridized carbons (Fsp3) is 0.524. The van der Waals surface area contributed by atoms with Crippen LogP contribution in [0.4, 0.5) is 18.0 Å². The number of aliphatic imine (C=N–C) groups is 1. The van der Waals surface area contributed by atoms with Gasteiger partial charge in [-0.3, -0.25) is 4.99 Å². The van der Waals surface area contributed by atoms with Gasteiger partial charge in [0.1, 0.15) is 5.60 Å². The second-order valence-electron chi connectivity index (χ2n) is 7.86. The Balaban J connectivity index is 1.82. The number of rotatable bonds is 2. The van der Waals surface area contributed by atoms with Crippen molar-refractivity contribution >= 4 is 12.1 Å². The predicted molar refractivity (Wildman–Crippen MR) is 109 cm³/mol. The molecule has 2 rings (SSSR count). The van der Waals surface area contributed by atoms with Crippen molar-refractivity contribution in [3.63, 3.8) is 0 Å². The summed E-state index contributed by atoms with van der Waals surface area (Å²) in [5.74, 6) is 6.34. The molecular weight excluding hydrogens is 397 g/mol. The van der Waals surface area contributed by atoms with Crippen LogP contribution in [0.5, 0.6) is 0 Å². The Hall–Kier alpha value is -2.89. The Morgan fingerprint density at radius 2 is 1.93 bits per heavy atom. The van der Waals surface area contributed by atoms with Crippen LogP contribution in [0.2, 0.25) is 0 Å². The lowest BCUT2D eigenvalue weighted by atomic mass is 10.1. The maximum absolute atomic E-state index is 12.6. The topological polar surface area (TPSA) is 66.0 Å². The van der Waals surface area contributed by atoms with E-state index in [-0.39, 0.29) is 12.6 Å². The molecule has 2 N–H and O–H groups in total. The minimum Gasteiger partial charge on any atom is -0.444 e. The van der Waals surface area contributed by atoms with Crippen molar-refractivity contribution in [2.24, 2.45) is 4.99 Å². The molecule has 30 heavy (non-hydrogen) atoms. The van der Waals surface area contributed by atoms with E-state index in [1.807, 2.05) is 25.7 Å². The van der Waals surface area contributed by atoms with Gasteiger partial charge in [0.2, 0.25) is 0 Å². The van der Waals surface area contributed by atoms with Crippen LogP contribution in [0.15, 0.2) is 29.3 Å². The third kappa shape index (κ3) is 7.50. The van der Waals surface area contributed by atoms with E-state index in [2.05, 4.69) is 27.5 Å². The zero-order valence-electron chi connectivity index (χ0n) is 17.6. The largest absolute Gasteiger partial charge is 0.444 e. The molecule has 1 aromatic carbocycles. The number of carbonyl (C=O) groups is 1. The number of halogens is 3. The molecular formula is C21H27F3N4O2. The summed E-state index contributed by atoms with van der Waals surface area (Å²) in [7, 11) is 1.65. The zero-order chi connectivity index (χ0) is 22.4. The van der Waals surface area contributed by atoms with Crippen molar-refractivity contribution in [2.75, 3.05) is 26.7 Å². The molecule has 0 aromatic heterocycles. The fourth-order valence-electron chi connectivity index (χ4n) is 2.89. The van der Waals surface area contributed by atoms with E-state index in [0.29, 0.717) is 24.6 Å². The summed E-state index contributed by atoms with van der Waals surface area (Å²) in [4.78, 5) is 18.1. The van der Waals surface area contributed by atoms with Crippen LogP contribution in [0.25, 0.3) is 0 Å². The average Bonchev–Trinajstić information content (AvgIpc) is 3.07. The number of guanidine groups is 1. The third-order valence-corrected chi connectivity index (χ3v) is 4.20. The van der Waals surface area contributed by atoms with E-state index < -0.39 is 23.4 Å². The quantitative estimate of drug-likeness (QED) is 0.435. The number of hydrogen-bond acceptors (Lipinski definition) is 3.